The second-order valence-electron chi connectivity index (χ2n) is 6.34. The molecule has 1 atom stereocenters. The number of methoxy groups -OCH3 is 2. The summed E-state index contributed by atoms with van der Waals surface area (Å²) in [4.78, 5) is 0. The van der Waals surface area contributed by atoms with Crippen molar-refractivity contribution in [2.45, 2.75) is 58.6 Å². The maximum atomic E-state index is 5.59. The second kappa shape index (κ2) is 8.40. The van der Waals surface area contributed by atoms with Crippen LogP contribution in [0.2, 0.25) is 0 Å². The molecule has 0 aliphatic heterocycles. The van der Waals surface area contributed by atoms with Crippen molar-refractivity contribution >= 4 is 0 Å². The third-order valence-corrected chi connectivity index (χ3v) is 3.88. The fourth-order valence-electron chi connectivity index (χ4n) is 2.57. The van der Waals surface area contributed by atoms with Crippen molar-refractivity contribution in [3.05, 3.63) is 29.3 Å². The van der Waals surface area contributed by atoms with Crippen molar-refractivity contribution < 1.29 is 9.47 Å². The highest BCUT2D eigenvalue weighted by molar-refractivity contribution is 5.37. The highest BCUT2D eigenvalue weighted by Gasteiger charge is 2.23. The monoisotopic (exact) mass is 293 g/mol. The SMILES string of the molecule is CCCNC(Cc1cc(C)ccc1OC)CC(C)(C)OC. The van der Waals surface area contributed by atoms with E-state index in [9.17, 15) is 0 Å². The summed E-state index contributed by atoms with van der Waals surface area (Å²) in [6.07, 6.45) is 3.06. The van der Waals surface area contributed by atoms with Gasteiger partial charge in [0.05, 0.1) is 12.7 Å². The predicted octanol–water partition coefficient (Wildman–Crippen LogP) is 3.73. The van der Waals surface area contributed by atoms with Crippen LogP contribution in [0, 0.1) is 6.92 Å². The molecule has 0 aliphatic carbocycles. The van der Waals surface area contributed by atoms with Crippen molar-refractivity contribution in [1.82, 2.24) is 5.32 Å². The third-order valence-electron chi connectivity index (χ3n) is 3.88. The molecule has 0 radical (unpaired) electrons. The Morgan fingerprint density at radius 3 is 2.52 bits per heavy atom. The second-order valence-corrected chi connectivity index (χ2v) is 6.34. The molecule has 3 nitrogen and oxygen atoms in total. The Hall–Kier alpha value is -1.06. The van der Waals surface area contributed by atoms with Crippen LogP contribution in [0.15, 0.2) is 18.2 Å². The topological polar surface area (TPSA) is 30.5 Å². The maximum Gasteiger partial charge on any atom is 0.122 e. The molecule has 0 aliphatic rings. The van der Waals surface area contributed by atoms with Crippen molar-refractivity contribution in [3.63, 3.8) is 0 Å². The van der Waals surface area contributed by atoms with Crippen LogP contribution in [0.25, 0.3) is 0 Å². The van der Waals surface area contributed by atoms with Gasteiger partial charge in [0, 0.05) is 13.2 Å². The van der Waals surface area contributed by atoms with E-state index >= 15 is 0 Å². The third kappa shape index (κ3) is 6.06. The van der Waals surface area contributed by atoms with Gasteiger partial charge in [0.15, 0.2) is 0 Å². The average molecular weight is 293 g/mol. The highest BCUT2D eigenvalue weighted by Crippen LogP contribution is 2.24. The molecule has 1 N–H and O–H groups in total. The average Bonchev–Trinajstić information content (AvgIpc) is 2.44. The van der Waals surface area contributed by atoms with E-state index in [1.165, 1.54) is 11.1 Å². The molecule has 1 aromatic carbocycles. The van der Waals surface area contributed by atoms with Gasteiger partial charge in [0.2, 0.25) is 0 Å². The number of rotatable bonds is 9. The van der Waals surface area contributed by atoms with E-state index in [2.05, 4.69) is 51.2 Å². The van der Waals surface area contributed by atoms with Gasteiger partial charge in [-0.15, -0.1) is 0 Å². The van der Waals surface area contributed by atoms with Crippen molar-refractivity contribution in [1.29, 1.82) is 0 Å². The molecule has 0 bridgehead atoms. The summed E-state index contributed by atoms with van der Waals surface area (Å²) in [6.45, 7) is 9.62. The van der Waals surface area contributed by atoms with Gasteiger partial charge in [-0.05, 0) is 58.2 Å². The maximum absolute atomic E-state index is 5.59. The van der Waals surface area contributed by atoms with Crippen molar-refractivity contribution in [3.8, 4) is 5.75 Å². The van der Waals surface area contributed by atoms with Gasteiger partial charge < -0.3 is 14.8 Å². The summed E-state index contributed by atoms with van der Waals surface area (Å²) in [6, 6.07) is 6.76. The zero-order chi connectivity index (χ0) is 15.9. The van der Waals surface area contributed by atoms with Gasteiger partial charge in [-0.2, -0.15) is 0 Å². The van der Waals surface area contributed by atoms with Gasteiger partial charge in [-0.3, -0.25) is 0 Å². The fraction of sp³-hybridized carbons (Fsp3) is 0.667. The minimum absolute atomic E-state index is 0.123. The van der Waals surface area contributed by atoms with E-state index in [0.29, 0.717) is 6.04 Å². The normalized spacial score (nSPS) is 13.2. The van der Waals surface area contributed by atoms with Crippen LogP contribution in [-0.4, -0.2) is 32.4 Å². The molecule has 0 aromatic heterocycles. The molecule has 0 saturated heterocycles. The summed E-state index contributed by atoms with van der Waals surface area (Å²) in [7, 11) is 3.52. The molecular weight excluding hydrogens is 262 g/mol. The van der Waals surface area contributed by atoms with Crippen LogP contribution in [-0.2, 0) is 11.2 Å². The van der Waals surface area contributed by atoms with E-state index < -0.39 is 0 Å². The van der Waals surface area contributed by atoms with Crippen LogP contribution in [0.1, 0.15) is 44.7 Å². The molecule has 0 saturated carbocycles. The zero-order valence-corrected chi connectivity index (χ0v) is 14.5. The van der Waals surface area contributed by atoms with Crippen LogP contribution in [0.4, 0.5) is 0 Å². The molecule has 1 unspecified atom stereocenters. The predicted molar refractivity (Wildman–Crippen MR) is 89.2 cm³/mol. The van der Waals surface area contributed by atoms with Gasteiger partial charge in [0.25, 0.3) is 0 Å². The van der Waals surface area contributed by atoms with E-state index in [0.717, 1.165) is 31.6 Å². The Morgan fingerprint density at radius 1 is 1.24 bits per heavy atom. The Kier molecular flexibility index (Phi) is 7.20. The Bertz CT molecular complexity index is 429. The van der Waals surface area contributed by atoms with Crippen LogP contribution in [0.3, 0.4) is 0 Å². The van der Waals surface area contributed by atoms with E-state index in [-0.39, 0.29) is 5.60 Å². The summed E-state index contributed by atoms with van der Waals surface area (Å²) < 4.78 is 11.1. The van der Waals surface area contributed by atoms with Gasteiger partial charge >= 0.3 is 0 Å². The van der Waals surface area contributed by atoms with E-state index in [1.807, 2.05) is 0 Å². The molecule has 1 aromatic rings. The largest absolute Gasteiger partial charge is 0.496 e. The lowest BCUT2D eigenvalue weighted by atomic mass is 9.93. The fourth-order valence-corrected chi connectivity index (χ4v) is 2.57. The lowest BCUT2D eigenvalue weighted by Gasteiger charge is -2.29. The Morgan fingerprint density at radius 2 is 1.95 bits per heavy atom. The first-order chi connectivity index (χ1) is 9.91. The summed E-state index contributed by atoms with van der Waals surface area (Å²) in [5, 5.41) is 3.64. The number of benzene rings is 1. The Labute approximate surface area is 130 Å². The van der Waals surface area contributed by atoms with Crippen molar-refractivity contribution in [2.75, 3.05) is 20.8 Å². The van der Waals surface area contributed by atoms with Crippen LogP contribution < -0.4 is 10.1 Å². The van der Waals surface area contributed by atoms with Gasteiger partial charge in [-0.25, -0.2) is 0 Å². The van der Waals surface area contributed by atoms with Gasteiger partial charge in [0.1, 0.15) is 5.75 Å². The minimum atomic E-state index is -0.123. The molecule has 0 fully saturated rings. The summed E-state index contributed by atoms with van der Waals surface area (Å²) >= 11 is 0. The van der Waals surface area contributed by atoms with Gasteiger partial charge in [-0.1, -0.05) is 24.6 Å². The summed E-state index contributed by atoms with van der Waals surface area (Å²) in [5.74, 6) is 0.971. The highest BCUT2D eigenvalue weighted by atomic mass is 16.5. The molecular formula is C18H31NO2. The quantitative estimate of drug-likeness (QED) is 0.752. The number of aryl methyl sites for hydroxylation is 1. The molecule has 0 heterocycles. The van der Waals surface area contributed by atoms with Crippen molar-refractivity contribution in [2.24, 2.45) is 0 Å². The smallest absolute Gasteiger partial charge is 0.122 e. The zero-order valence-electron chi connectivity index (χ0n) is 14.5. The number of ether oxygens (including phenoxy) is 2. The number of nitrogens with one attached hydrogen (secondary N) is 1. The minimum Gasteiger partial charge on any atom is -0.496 e. The van der Waals surface area contributed by atoms with Crippen LogP contribution >= 0.6 is 0 Å². The first-order valence-electron chi connectivity index (χ1n) is 7.84. The lowest BCUT2D eigenvalue weighted by Crippen LogP contribution is -2.39. The number of hydrogen-bond donors (Lipinski definition) is 1. The first-order valence-corrected chi connectivity index (χ1v) is 7.84. The molecule has 1 rings (SSSR count). The molecule has 0 amide bonds. The standard InChI is InChI=1S/C18H31NO2/c1-7-10-19-16(13-18(3,4)21-6)12-15-11-14(2)8-9-17(15)20-5/h8-9,11,16,19H,7,10,12-13H2,1-6H3. The number of hydrogen-bond acceptors (Lipinski definition) is 3. The summed E-state index contributed by atoms with van der Waals surface area (Å²) in [5.41, 5.74) is 2.41. The Balaban J connectivity index is 2.87. The molecule has 21 heavy (non-hydrogen) atoms. The molecule has 120 valence electrons. The first kappa shape index (κ1) is 18.0. The molecule has 0 spiro atoms. The molecule has 3 heteroatoms. The lowest BCUT2D eigenvalue weighted by molar-refractivity contribution is 0.00710. The van der Waals surface area contributed by atoms with Crippen LogP contribution in [0.5, 0.6) is 5.75 Å². The van der Waals surface area contributed by atoms with E-state index in [1.54, 1.807) is 14.2 Å². The van der Waals surface area contributed by atoms with E-state index in [4.69, 9.17) is 9.47 Å².